The predicted molar refractivity (Wildman–Crippen MR) is 136 cm³/mol. The average Bonchev–Trinajstić information content (AvgIpc) is 2.87. The van der Waals surface area contributed by atoms with Crippen LogP contribution in [-0.4, -0.2) is 29.4 Å². The van der Waals surface area contributed by atoms with Gasteiger partial charge >= 0.3 is 0 Å². The Labute approximate surface area is 208 Å². The molecule has 0 bridgehead atoms. The van der Waals surface area contributed by atoms with E-state index in [1.165, 1.54) is 12.1 Å². The molecule has 7 heteroatoms. The molecular weight excluding hydrogens is 465 g/mol. The molecule has 4 aromatic rings. The third-order valence-electron chi connectivity index (χ3n) is 5.70. The van der Waals surface area contributed by atoms with Gasteiger partial charge in [-0.25, -0.2) is 4.39 Å². The topological polar surface area (TPSA) is 71.1 Å². The van der Waals surface area contributed by atoms with Crippen molar-refractivity contribution in [3.05, 3.63) is 113 Å². The lowest BCUT2D eigenvalue weighted by molar-refractivity contribution is -0.122. The Morgan fingerprint density at radius 2 is 1.71 bits per heavy atom. The number of hydrogen-bond acceptors (Lipinski definition) is 3. The number of carbonyl (C=O) groups is 2. The number of aromatic nitrogens is 1. The molecule has 1 aromatic heterocycles. The fourth-order valence-corrected chi connectivity index (χ4v) is 3.96. The normalized spacial score (nSPS) is 11.7. The number of rotatable bonds is 9. The molecule has 5 nitrogen and oxygen atoms in total. The van der Waals surface area contributed by atoms with Crippen LogP contribution in [0.1, 0.15) is 27.9 Å². The molecule has 0 aliphatic heterocycles. The first-order valence-corrected chi connectivity index (χ1v) is 11.8. The highest BCUT2D eigenvalue weighted by Crippen LogP contribution is 2.18. The van der Waals surface area contributed by atoms with Crippen LogP contribution in [0.15, 0.2) is 85.2 Å². The number of nitrogens with zero attached hydrogens (tertiary/aromatic N) is 1. The SMILES string of the molecule is O=C(NC(Cc1ccc(Cl)cc1)C(=O)NCCCc1cccnc1)c1ccc2cc(F)ccc2c1. The van der Waals surface area contributed by atoms with E-state index < -0.39 is 6.04 Å². The Kier molecular flexibility index (Phi) is 8.06. The highest BCUT2D eigenvalue weighted by Gasteiger charge is 2.22. The van der Waals surface area contributed by atoms with Crippen molar-refractivity contribution in [2.45, 2.75) is 25.3 Å². The molecule has 2 N–H and O–H groups in total. The summed E-state index contributed by atoms with van der Waals surface area (Å²) < 4.78 is 13.5. The molecule has 2 amide bonds. The maximum Gasteiger partial charge on any atom is 0.251 e. The maximum atomic E-state index is 13.5. The van der Waals surface area contributed by atoms with Gasteiger partial charge in [-0.2, -0.15) is 0 Å². The van der Waals surface area contributed by atoms with E-state index in [4.69, 9.17) is 11.6 Å². The second-order valence-electron chi connectivity index (χ2n) is 8.32. The van der Waals surface area contributed by atoms with Crippen LogP contribution in [0, 0.1) is 5.82 Å². The molecule has 3 aromatic carbocycles. The summed E-state index contributed by atoms with van der Waals surface area (Å²) in [6.45, 7) is 0.474. The van der Waals surface area contributed by atoms with Gasteiger partial charge in [-0.05, 0) is 77.2 Å². The maximum absolute atomic E-state index is 13.5. The quantitative estimate of drug-likeness (QED) is 0.321. The first-order valence-electron chi connectivity index (χ1n) is 11.4. The van der Waals surface area contributed by atoms with Gasteiger partial charge in [-0.1, -0.05) is 41.9 Å². The van der Waals surface area contributed by atoms with E-state index >= 15 is 0 Å². The smallest absolute Gasteiger partial charge is 0.251 e. The van der Waals surface area contributed by atoms with Gasteiger partial charge in [0, 0.05) is 35.9 Å². The van der Waals surface area contributed by atoms with Crippen molar-refractivity contribution < 1.29 is 14.0 Å². The van der Waals surface area contributed by atoms with Crippen LogP contribution in [0.25, 0.3) is 10.8 Å². The third-order valence-corrected chi connectivity index (χ3v) is 5.96. The van der Waals surface area contributed by atoms with E-state index in [0.29, 0.717) is 28.9 Å². The summed E-state index contributed by atoms with van der Waals surface area (Å²) in [6, 6.07) is 19.7. The van der Waals surface area contributed by atoms with Crippen LogP contribution in [0.2, 0.25) is 5.02 Å². The van der Waals surface area contributed by atoms with Crippen LogP contribution >= 0.6 is 11.6 Å². The molecule has 0 radical (unpaired) electrons. The second kappa shape index (κ2) is 11.6. The zero-order valence-corrected chi connectivity index (χ0v) is 19.8. The van der Waals surface area contributed by atoms with Crippen molar-refractivity contribution in [1.82, 2.24) is 15.6 Å². The number of fused-ring (bicyclic) bond motifs is 1. The molecule has 1 unspecified atom stereocenters. The number of aryl methyl sites for hydroxylation is 1. The van der Waals surface area contributed by atoms with Gasteiger partial charge in [-0.15, -0.1) is 0 Å². The number of carbonyl (C=O) groups excluding carboxylic acids is 2. The van der Waals surface area contributed by atoms with Gasteiger partial charge in [0.15, 0.2) is 0 Å². The van der Waals surface area contributed by atoms with Gasteiger partial charge in [0.1, 0.15) is 11.9 Å². The molecule has 0 fully saturated rings. The van der Waals surface area contributed by atoms with Crippen molar-refractivity contribution in [2.24, 2.45) is 0 Å². The average molecular weight is 490 g/mol. The summed E-state index contributed by atoms with van der Waals surface area (Å²) >= 11 is 5.99. The predicted octanol–water partition coefficient (Wildman–Crippen LogP) is 5.12. The number of nitrogens with one attached hydrogen (secondary N) is 2. The van der Waals surface area contributed by atoms with Crippen molar-refractivity contribution in [1.29, 1.82) is 0 Å². The minimum atomic E-state index is -0.772. The lowest BCUT2D eigenvalue weighted by atomic mass is 10.0. The number of pyridine rings is 1. The molecule has 0 aliphatic rings. The molecule has 0 aliphatic carbocycles. The monoisotopic (exact) mass is 489 g/mol. The summed E-state index contributed by atoms with van der Waals surface area (Å²) in [6.07, 6.45) is 5.39. The van der Waals surface area contributed by atoms with Gasteiger partial charge in [0.05, 0.1) is 0 Å². The van der Waals surface area contributed by atoms with Crippen LogP contribution in [0.3, 0.4) is 0 Å². The van der Waals surface area contributed by atoms with E-state index in [-0.39, 0.29) is 17.6 Å². The summed E-state index contributed by atoms with van der Waals surface area (Å²) in [5.74, 6) is -0.971. The second-order valence-corrected chi connectivity index (χ2v) is 8.76. The van der Waals surface area contributed by atoms with Crippen molar-refractivity contribution in [2.75, 3.05) is 6.54 Å². The summed E-state index contributed by atoms with van der Waals surface area (Å²) in [7, 11) is 0. The first-order chi connectivity index (χ1) is 17.0. The largest absolute Gasteiger partial charge is 0.354 e. The minimum Gasteiger partial charge on any atom is -0.354 e. The van der Waals surface area contributed by atoms with Crippen LogP contribution in [-0.2, 0) is 17.6 Å². The van der Waals surface area contributed by atoms with Gasteiger partial charge in [0.25, 0.3) is 5.91 Å². The van der Waals surface area contributed by atoms with E-state index in [1.54, 1.807) is 42.6 Å². The van der Waals surface area contributed by atoms with Gasteiger partial charge in [0.2, 0.25) is 5.91 Å². The molecular formula is C28H25ClFN3O2. The van der Waals surface area contributed by atoms with Crippen LogP contribution in [0.4, 0.5) is 4.39 Å². The Morgan fingerprint density at radius 1 is 0.943 bits per heavy atom. The first kappa shape index (κ1) is 24.4. The number of amides is 2. The Bertz CT molecular complexity index is 1310. The van der Waals surface area contributed by atoms with Crippen molar-refractivity contribution in [3.63, 3.8) is 0 Å². The highest BCUT2D eigenvalue weighted by atomic mass is 35.5. The Hall–Kier alpha value is -3.77. The highest BCUT2D eigenvalue weighted by molar-refractivity contribution is 6.30. The molecule has 0 saturated carbocycles. The van der Waals surface area contributed by atoms with Crippen LogP contribution in [0.5, 0.6) is 0 Å². The minimum absolute atomic E-state index is 0.262. The zero-order valence-electron chi connectivity index (χ0n) is 19.0. The van der Waals surface area contributed by atoms with Crippen LogP contribution < -0.4 is 10.6 Å². The van der Waals surface area contributed by atoms with E-state index in [0.717, 1.165) is 29.4 Å². The van der Waals surface area contributed by atoms with Crippen molar-refractivity contribution in [3.8, 4) is 0 Å². The number of benzene rings is 3. The Morgan fingerprint density at radius 3 is 2.49 bits per heavy atom. The fourth-order valence-electron chi connectivity index (χ4n) is 3.84. The zero-order chi connectivity index (χ0) is 24.6. The molecule has 0 spiro atoms. The summed E-state index contributed by atoms with van der Waals surface area (Å²) in [5, 5.41) is 7.84. The summed E-state index contributed by atoms with van der Waals surface area (Å²) in [5.41, 5.74) is 2.37. The van der Waals surface area contributed by atoms with E-state index in [2.05, 4.69) is 15.6 Å². The molecule has 178 valence electrons. The van der Waals surface area contributed by atoms with E-state index in [9.17, 15) is 14.0 Å². The Balaban J connectivity index is 1.44. The third kappa shape index (κ3) is 6.87. The fraction of sp³-hybridized carbons (Fsp3) is 0.179. The molecule has 35 heavy (non-hydrogen) atoms. The molecule has 4 rings (SSSR count). The lowest BCUT2D eigenvalue weighted by Gasteiger charge is -2.19. The number of halogens is 2. The molecule has 0 saturated heterocycles. The lowest BCUT2D eigenvalue weighted by Crippen LogP contribution is -2.48. The van der Waals surface area contributed by atoms with Gasteiger partial charge < -0.3 is 10.6 Å². The van der Waals surface area contributed by atoms with Crippen molar-refractivity contribution >= 4 is 34.2 Å². The standard InChI is InChI=1S/C28H25ClFN3O2/c29-24-10-5-19(6-11-24)15-26(28(35)32-14-2-4-20-3-1-13-31-18-20)33-27(34)23-8-7-22-17-25(30)12-9-21(22)16-23/h1,3,5-13,16-18,26H,2,4,14-15H2,(H,32,35)(H,33,34). The molecule has 1 atom stereocenters. The molecule has 1 heterocycles. The van der Waals surface area contributed by atoms with Gasteiger partial charge in [-0.3, -0.25) is 14.6 Å². The van der Waals surface area contributed by atoms with E-state index in [1.807, 2.05) is 30.5 Å². The number of hydrogen-bond donors (Lipinski definition) is 2. The summed E-state index contributed by atoms with van der Waals surface area (Å²) in [4.78, 5) is 30.2.